The zero-order chi connectivity index (χ0) is 19.4. The highest BCUT2D eigenvalue weighted by Gasteiger charge is 2.22. The molecule has 2 N–H and O–H groups in total. The molecule has 0 heterocycles. The summed E-state index contributed by atoms with van der Waals surface area (Å²) in [7, 11) is -3.25. The molecule has 2 rings (SSSR count). The fraction of sp³-hybridized carbons (Fsp3) is 0.350. The van der Waals surface area contributed by atoms with E-state index in [4.69, 9.17) is 0 Å². The van der Waals surface area contributed by atoms with Crippen LogP contribution in [0.15, 0.2) is 59.5 Å². The van der Waals surface area contributed by atoms with Crippen LogP contribution in [0.3, 0.4) is 0 Å². The molecule has 0 bridgehead atoms. The second-order valence-electron chi connectivity index (χ2n) is 7.62. The van der Waals surface area contributed by atoms with Crippen molar-refractivity contribution in [1.82, 2.24) is 5.32 Å². The van der Waals surface area contributed by atoms with Gasteiger partial charge in [-0.15, -0.1) is 0 Å². The maximum atomic E-state index is 12.4. The molecule has 26 heavy (non-hydrogen) atoms. The number of hydrogen-bond donors (Lipinski definition) is 2. The first-order valence-electron chi connectivity index (χ1n) is 8.47. The zero-order valence-electron chi connectivity index (χ0n) is 15.6. The summed E-state index contributed by atoms with van der Waals surface area (Å²) in [6.45, 7) is 6.39. The Labute approximate surface area is 155 Å². The number of anilines is 1. The van der Waals surface area contributed by atoms with Crippen molar-refractivity contribution in [3.05, 3.63) is 60.2 Å². The lowest BCUT2D eigenvalue weighted by molar-refractivity contribution is 0.241. The fourth-order valence-corrected chi connectivity index (χ4v) is 3.29. The fourth-order valence-electron chi connectivity index (χ4n) is 2.66. The van der Waals surface area contributed by atoms with Crippen LogP contribution in [-0.4, -0.2) is 20.7 Å². The van der Waals surface area contributed by atoms with Crippen molar-refractivity contribution in [1.29, 1.82) is 0 Å². The summed E-state index contributed by atoms with van der Waals surface area (Å²) < 4.78 is 23.0. The van der Waals surface area contributed by atoms with Crippen LogP contribution in [0.1, 0.15) is 38.8 Å². The van der Waals surface area contributed by atoms with Crippen LogP contribution in [0.5, 0.6) is 0 Å². The summed E-state index contributed by atoms with van der Waals surface area (Å²) in [6, 6.07) is 15.5. The van der Waals surface area contributed by atoms with Crippen LogP contribution in [0.4, 0.5) is 10.5 Å². The first-order chi connectivity index (χ1) is 12.0. The van der Waals surface area contributed by atoms with Crippen molar-refractivity contribution in [3.63, 3.8) is 0 Å². The molecule has 0 fully saturated rings. The number of carbonyl (C=O) groups is 1. The molecule has 6 heteroatoms. The van der Waals surface area contributed by atoms with E-state index in [9.17, 15) is 13.2 Å². The average molecular weight is 375 g/mol. The molecule has 2 aromatic rings. The van der Waals surface area contributed by atoms with Gasteiger partial charge in [-0.1, -0.05) is 51.1 Å². The molecule has 0 aromatic heterocycles. The van der Waals surface area contributed by atoms with E-state index in [2.05, 4.69) is 31.4 Å². The Morgan fingerprint density at radius 1 is 1.00 bits per heavy atom. The van der Waals surface area contributed by atoms with Gasteiger partial charge in [-0.3, -0.25) is 0 Å². The van der Waals surface area contributed by atoms with Crippen molar-refractivity contribution in [3.8, 4) is 0 Å². The number of hydrogen-bond acceptors (Lipinski definition) is 3. The first kappa shape index (κ1) is 20.0. The third kappa shape index (κ3) is 6.19. The third-order valence-corrected chi connectivity index (χ3v) is 4.99. The van der Waals surface area contributed by atoms with Crippen LogP contribution in [-0.2, 0) is 9.84 Å². The summed E-state index contributed by atoms with van der Waals surface area (Å²) in [4.78, 5) is 12.6. The minimum absolute atomic E-state index is 0.0465. The molecule has 0 aliphatic rings. The van der Waals surface area contributed by atoms with Crippen molar-refractivity contribution in [2.45, 2.75) is 38.1 Å². The number of urea groups is 1. The number of benzene rings is 2. The summed E-state index contributed by atoms with van der Waals surface area (Å²) >= 11 is 0. The molecule has 0 aliphatic carbocycles. The van der Waals surface area contributed by atoms with E-state index in [0.717, 1.165) is 18.2 Å². The number of amides is 2. The first-order valence-corrected chi connectivity index (χ1v) is 10.4. The molecule has 0 saturated heterocycles. The quantitative estimate of drug-likeness (QED) is 0.815. The highest BCUT2D eigenvalue weighted by molar-refractivity contribution is 7.90. The molecule has 140 valence electrons. The van der Waals surface area contributed by atoms with E-state index in [1.165, 1.54) is 12.1 Å². The van der Waals surface area contributed by atoms with Crippen molar-refractivity contribution in [2.75, 3.05) is 11.6 Å². The smallest absolute Gasteiger partial charge is 0.319 e. The summed E-state index contributed by atoms with van der Waals surface area (Å²) in [5.41, 5.74) is 1.63. The largest absolute Gasteiger partial charge is 0.331 e. The Balaban J connectivity index is 2.09. The highest BCUT2D eigenvalue weighted by atomic mass is 32.2. The molecule has 2 amide bonds. The molecule has 1 unspecified atom stereocenters. The lowest BCUT2D eigenvalue weighted by atomic mass is 9.85. The topological polar surface area (TPSA) is 75.3 Å². The van der Waals surface area contributed by atoms with Crippen LogP contribution in [0.2, 0.25) is 0 Å². The van der Waals surface area contributed by atoms with Gasteiger partial charge >= 0.3 is 6.03 Å². The molecule has 5 nitrogen and oxygen atoms in total. The molecular formula is C20H26N2O3S. The minimum Gasteiger partial charge on any atom is -0.331 e. The molecule has 2 aromatic carbocycles. The van der Waals surface area contributed by atoms with Gasteiger partial charge in [-0.2, -0.15) is 0 Å². The number of rotatable bonds is 5. The monoisotopic (exact) mass is 374 g/mol. The number of carbonyl (C=O) groups excluding carboxylic acids is 1. The highest BCUT2D eigenvalue weighted by Crippen LogP contribution is 2.29. The maximum absolute atomic E-state index is 12.4. The number of nitrogens with one attached hydrogen (secondary N) is 2. The van der Waals surface area contributed by atoms with Gasteiger partial charge < -0.3 is 10.6 Å². The van der Waals surface area contributed by atoms with Crippen LogP contribution < -0.4 is 10.6 Å². The van der Waals surface area contributed by atoms with Gasteiger partial charge in [0.15, 0.2) is 9.84 Å². The van der Waals surface area contributed by atoms with E-state index in [0.29, 0.717) is 5.69 Å². The van der Waals surface area contributed by atoms with Gasteiger partial charge in [0.2, 0.25) is 0 Å². The van der Waals surface area contributed by atoms with E-state index < -0.39 is 9.84 Å². The van der Waals surface area contributed by atoms with Crippen molar-refractivity contribution >= 4 is 21.6 Å². The van der Waals surface area contributed by atoms with Crippen LogP contribution in [0, 0.1) is 5.41 Å². The third-order valence-electron chi connectivity index (χ3n) is 3.86. The minimum atomic E-state index is -3.25. The van der Waals surface area contributed by atoms with Gasteiger partial charge in [0, 0.05) is 11.9 Å². The molecule has 0 aliphatic heterocycles. The normalized spacial score (nSPS) is 13.1. The Morgan fingerprint density at radius 2 is 1.58 bits per heavy atom. The van der Waals surface area contributed by atoms with Crippen LogP contribution in [0.25, 0.3) is 0 Å². The second-order valence-corrected chi connectivity index (χ2v) is 9.64. The van der Waals surface area contributed by atoms with Gasteiger partial charge in [-0.05, 0) is 41.7 Å². The Hall–Kier alpha value is -2.34. The standard InChI is InChI=1S/C20H26N2O3S/c1-20(2,3)14-18(15-8-6-5-7-9-15)22-19(23)21-16-10-12-17(13-11-16)26(4,24)25/h5-13,18H,14H2,1-4H3,(H2,21,22,23). The molecule has 0 saturated carbocycles. The second kappa shape index (κ2) is 7.91. The molecular weight excluding hydrogens is 348 g/mol. The Morgan fingerprint density at radius 3 is 2.08 bits per heavy atom. The molecule has 1 atom stereocenters. The van der Waals surface area contributed by atoms with Crippen molar-refractivity contribution < 1.29 is 13.2 Å². The Bertz CT molecular complexity index is 839. The van der Waals surface area contributed by atoms with E-state index in [-0.39, 0.29) is 22.4 Å². The lowest BCUT2D eigenvalue weighted by Gasteiger charge is -2.27. The van der Waals surface area contributed by atoms with Crippen LogP contribution >= 0.6 is 0 Å². The summed E-state index contributed by atoms with van der Waals surface area (Å²) in [6.07, 6.45) is 1.94. The molecule has 0 radical (unpaired) electrons. The maximum Gasteiger partial charge on any atom is 0.319 e. The molecule has 0 spiro atoms. The SMILES string of the molecule is CC(C)(C)CC(NC(=O)Nc1ccc(S(C)(=O)=O)cc1)c1ccccc1. The van der Waals surface area contributed by atoms with Gasteiger partial charge in [0.1, 0.15) is 0 Å². The lowest BCUT2D eigenvalue weighted by Crippen LogP contribution is -2.34. The van der Waals surface area contributed by atoms with E-state index >= 15 is 0 Å². The predicted octanol–water partition coefficient (Wildman–Crippen LogP) is 4.39. The van der Waals surface area contributed by atoms with Gasteiger partial charge in [-0.25, -0.2) is 13.2 Å². The number of sulfone groups is 1. The summed E-state index contributed by atoms with van der Waals surface area (Å²) in [5, 5.41) is 5.78. The Kier molecular flexibility index (Phi) is 6.08. The van der Waals surface area contributed by atoms with Gasteiger partial charge in [0.05, 0.1) is 10.9 Å². The van der Waals surface area contributed by atoms with Gasteiger partial charge in [0.25, 0.3) is 0 Å². The average Bonchev–Trinajstić information content (AvgIpc) is 2.53. The predicted molar refractivity (Wildman–Crippen MR) is 105 cm³/mol. The van der Waals surface area contributed by atoms with E-state index in [1.807, 2.05) is 30.3 Å². The van der Waals surface area contributed by atoms with Crippen molar-refractivity contribution in [2.24, 2.45) is 5.41 Å². The van der Waals surface area contributed by atoms with E-state index in [1.54, 1.807) is 12.1 Å². The summed E-state index contributed by atoms with van der Waals surface area (Å²) in [5.74, 6) is 0. The zero-order valence-corrected chi connectivity index (χ0v) is 16.4.